The van der Waals surface area contributed by atoms with Crippen LogP contribution in [0.1, 0.15) is 18.1 Å². The molecule has 0 saturated heterocycles. The van der Waals surface area contributed by atoms with E-state index in [9.17, 15) is 13.2 Å². The van der Waals surface area contributed by atoms with Crippen molar-refractivity contribution in [3.05, 3.63) is 29.3 Å². The van der Waals surface area contributed by atoms with Crippen LogP contribution in [0.15, 0.2) is 18.2 Å². The van der Waals surface area contributed by atoms with Gasteiger partial charge in [-0.05, 0) is 25.1 Å². The van der Waals surface area contributed by atoms with E-state index >= 15 is 0 Å². The average molecular weight is 258 g/mol. The van der Waals surface area contributed by atoms with Crippen molar-refractivity contribution in [2.75, 3.05) is 25.1 Å². The summed E-state index contributed by atoms with van der Waals surface area (Å²) in [7, 11) is 0. The molecule has 1 aromatic rings. The minimum Gasteiger partial charge on any atom is -0.383 e. The molecule has 0 aliphatic rings. The molecule has 0 fully saturated rings. The number of hydrogen-bond acceptors (Lipinski definition) is 3. The summed E-state index contributed by atoms with van der Waals surface area (Å²) in [5.41, 5.74) is -0.981. The number of alkyl halides is 3. The lowest BCUT2D eigenvalue weighted by molar-refractivity contribution is -0.137. The van der Waals surface area contributed by atoms with Crippen molar-refractivity contribution in [3.8, 4) is 6.07 Å². The summed E-state index contributed by atoms with van der Waals surface area (Å²) in [5.74, 6) is 0. The summed E-state index contributed by atoms with van der Waals surface area (Å²) in [5, 5.41) is 11.4. The van der Waals surface area contributed by atoms with Gasteiger partial charge in [0.1, 0.15) is 0 Å². The Balaban J connectivity index is 2.81. The molecule has 0 bridgehead atoms. The highest BCUT2D eigenvalue weighted by molar-refractivity contribution is 5.53. The molecule has 1 rings (SSSR count). The molecule has 0 heterocycles. The summed E-state index contributed by atoms with van der Waals surface area (Å²) in [6.45, 7) is 3.22. The fourth-order valence-electron chi connectivity index (χ4n) is 1.40. The van der Waals surface area contributed by atoms with Crippen LogP contribution in [0.5, 0.6) is 0 Å². The van der Waals surface area contributed by atoms with E-state index in [-0.39, 0.29) is 5.56 Å². The second-order valence-electron chi connectivity index (χ2n) is 3.49. The van der Waals surface area contributed by atoms with Crippen molar-refractivity contribution in [1.29, 1.82) is 5.26 Å². The van der Waals surface area contributed by atoms with E-state index in [4.69, 9.17) is 10.00 Å². The predicted octanol–water partition coefficient (Wildman–Crippen LogP) is 3.03. The lowest BCUT2D eigenvalue weighted by atomic mass is 10.1. The van der Waals surface area contributed by atoms with Gasteiger partial charge in [0.2, 0.25) is 0 Å². The number of ether oxygens (including phenoxy) is 1. The van der Waals surface area contributed by atoms with E-state index < -0.39 is 11.7 Å². The highest BCUT2D eigenvalue weighted by atomic mass is 19.4. The minimum atomic E-state index is -4.53. The highest BCUT2D eigenvalue weighted by Crippen LogP contribution is 2.33. The van der Waals surface area contributed by atoms with Crippen LogP contribution in [-0.2, 0) is 10.9 Å². The van der Waals surface area contributed by atoms with Gasteiger partial charge < -0.3 is 10.1 Å². The summed E-state index contributed by atoms with van der Waals surface area (Å²) >= 11 is 0. The van der Waals surface area contributed by atoms with Crippen LogP contribution < -0.4 is 5.32 Å². The number of nitriles is 1. The van der Waals surface area contributed by atoms with Crippen LogP contribution in [0.25, 0.3) is 0 Å². The molecule has 0 radical (unpaired) electrons. The Labute approximate surface area is 103 Å². The molecule has 1 N–H and O–H groups in total. The van der Waals surface area contributed by atoms with E-state index in [1.54, 1.807) is 0 Å². The third-order valence-corrected chi connectivity index (χ3v) is 2.23. The zero-order chi connectivity index (χ0) is 13.6. The van der Waals surface area contributed by atoms with Crippen LogP contribution in [0.4, 0.5) is 18.9 Å². The molecule has 0 amide bonds. The molecule has 0 aromatic heterocycles. The number of rotatable bonds is 5. The Morgan fingerprint density at radius 1 is 1.39 bits per heavy atom. The lowest BCUT2D eigenvalue weighted by Gasteiger charge is -2.12. The first-order valence-corrected chi connectivity index (χ1v) is 5.42. The van der Waals surface area contributed by atoms with Gasteiger partial charge in [0.15, 0.2) is 0 Å². The molecule has 98 valence electrons. The van der Waals surface area contributed by atoms with Gasteiger partial charge in [0.05, 0.1) is 23.8 Å². The molecular weight excluding hydrogens is 245 g/mol. The van der Waals surface area contributed by atoms with Crippen molar-refractivity contribution in [2.45, 2.75) is 13.1 Å². The van der Waals surface area contributed by atoms with E-state index in [0.717, 1.165) is 12.1 Å². The van der Waals surface area contributed by atoms with Crippen molar-refractivity contribution in [3.63, 3.8) is 0 Å². The van der Waals surface area contributed by atoms with Gasteiger partial charge >= 0.3 is 6.18 Å². The standard InChI is InChI=1S/C12H13F3N2O/c1-2-18-6-5-17-10-4-3-9(8-16)11(7-10)12(13,14)15/h3-4,7,17H,2,5-6H2,1H3. The van der Waals surface area contributed by atoms with E-state index in [0.29, 0.717) is 25.4 Å². The molecule has 6 heteroatoms. The van der Waals surface area contributed by atoms with Gasteiger partial charge in [0.25, 0.3) is 0 Å². The van der Waals surface area contributed by atoms with Gasteiger partial charge in [-0.25, -0.2) is 0 Å². The molecule has 18 heavy (non-hydrogen) atoms. The number of benzene rings is 1. The summed E-state index contributed by atoms with van der Waals surface area (Å²) < 4.78 is 43.0. The smallest absolute Gasteiger partial charge is 0.383 e. The van der Waals surface area contributed by atoms with Gasteiger partial charge in [-0.2, -0.15) is 18.4 Å². The van der Waals surface area contributed by atoms with Gasteiger partial charge in [-0.15, -0.1) is 0 Å². The maximum atomic E-state index is 12.7. The fraction of sp³-hybridized carbons (Fsp3) is 0.417. The molecule has 3 nitrogen and oxygen atoms in total. The van der Waals surface area contributed by atoms with Crippen LogP contribution in [0, 0.1) is 11.3 Å². The third kappa shape index (κ3) is 3.93. The summed E-state index contributed by atoms with van der Waals surface area (Å²) in [4.78, 5) is 0. The Morgan fingerprint density at radius 2 is 2.11 bits per heavy atom. The van der Waals surface area contributed by atoms with Gasteiger partial charge in [0, 0.05) is 18.8 Å². The maximum absolute atomic E-state index is 12.7. The molecule has 0 aliphatic heterocycles. The second kappa shape index (κ2) is 6.26. The predicted molar refractivity (Wildman–Crippen MR) is 61.1 cm³/mol. The van der Waals surface area contributed by atoms with E-state index in [1.807, 2.05) is 6.92 Å². The summed E-state index contributed by atoms with van der Waals surface area (Å²) in [6.07, 6.45) is -4.53. The first kappa shape index (κ1) is 14.3. The maximum Gasteiger partial charge on any atom is 0.417 e. The number of nitrogens with one attached hydrogen (secondary N) is 1. The minimum absolute atomic E-state index is 0.320. The Kier molecular flexibility index (Phi) is 4.98. The van der Waals surface area contributed by atoms with E-state index in [2.05, 4.69) is 5.32 Å². The van der Waals surface area contributed by atoms with Crippen molar-refractivity contribution in [2.24, 2.45) is 0 Å². The lowest BCUT2D eigenvalue weighted by Crippen LogP contribution is -2.12. The Morgan fingerprint density at radius 3 is 2.67 bits per heavy atom. The molecule has 0 saturated carbocycles. The zero-order valence-corrected chi connectivity index (χ0v) is 9.84. The molecule has 0 unspecified atom stereocenters. The molecule has 0 aliphatic carbocycles. The number of anilines is 1. The van der Waals surface area contributed by atoms with Crippen molar-refractivity contribution < 1.29 is 17.9 Å². The van der Waals surface area contributed by atoms with Gasteiger partial charge in [-0.1, -0.05) is 0 Å². The molecular formula is C12H13F3N2O. The normalized spacial score (nSPS) is 11.1. The van der Waals surface area contributed by atoms with Crippen LogP contribution >= 0.6 is 0 Å². The van der Waals surface area contributed by atoms with E-state index in [1.165, 1.54) is 12.1 Å². The highest BCUT2D eigenvalue weighted by Gasteiger charge is 2.33. The van der Waals surface area contributed by atoms with Gasteiger partial charge in [-0.3, -0.25) is 0 Å². The number of nitrogens with zero attached hydrogens (tertiary/aromatic N) is 1. The molecule has 1 aromatic carbocycles. The van der Waals surface area contributed by atoms with Crippen molar-refractivity contribution in [1.82, 2.24) is 0 Å². The number of halogens is 3. The van der Waals surface area contributed by atoms with Crippen LogP contribution in [0.3, 0.4) is 0 Å². The second-order valence-corrected chi connectivity index (χ2v) is 3.49. The largest absolute Gasteiger partial charge is 0.417 e. The topological polar surface area (TPSA) is 45.0 Å². The Bertz CT molecular complexity index is 438. The fourth-order valence-corrected chi connectivity index (χ4v) is 1.40. The van der Waals surface area contributed by atoms with Crippen molar-refractivity contribution >= 4 is 5.69 Å². The quantitative estimate of drug-likeness (QED) is 0.826. The third-order valence-electron chi connectivity index (χ3n) is 2.23. The molecule has 0 spiro atoms. The van der Waals surface area contributed by atoms with Crippen LogP contribution in [0.2, 0.25) is 0 Å². The summed E-state index contributed by atoms with van der Waals surface area (Å²) in [6, 6.07) is 5.07. The first-order valence-electron chi connectivity index (χ1n) is 5.42. The number of hydrogen-bond donors (Lipinski definition) is 1. The van der Waals surface area contributed by atoms with Crippen LogP contribution in [-0.4, -0.2) is 19.8 Å². The molecule has 0 atom stereocenters. The first-order chi connectivity index (χ1) is 8.49. The SMILES string of the molecule is CCOCCNc1ccc(C#N)c(C(F)(F)F)c1. The monoisotopic (exact) mass is 258 g/mol. The average Bonchev–Trinajstić information content (AvgIpc) is 2.33. The Hall–Kier alpha value is -1.74. The zero-order valence-electron chi connectivity index (χ0n) is 9.84.